The van der Waals surface area contributed by atoms with Gasteiger partial charge >= 0.3 is 5.97 Å². The Kier molecular flexibility index (Phi) is 3.46. The summed E-state index contributed by atoms with van der Waals surface area (Å²) >= 11 is 0. The number of hydrogen-bond donors (Lipinski definition) is 0. The van der Waals surface area contributed by atoms with Gasteiger partial charge in [-0.2, -0.15) is 0 Å². The average Bonchev–Trinajstić information content (AvgIpc) is 2.39. The third kappa shape index (κ3) is 2.36. The van der Waals surface area contributed by atoms with E-state index in [-0.39, 0.29) is 0 Å². The molecule has 0 spiro atoms. The number of hydrogen-bond acceptors (Lipinski definition) is 5. The maximum absolute atomic E-state index is 11.3. The van der Waals surface area contributed by atoms with Gasteiger partial charge in [0.2, 0.25) is 0 Å². The van der Waals surface area contributed by atoms with Gasteiger partial charge in [0.15, 0.2) is 5.69 Å². The van der Waals surface area contributed by atoms with E-state index in [9.17, 15) is 4.79 Å². The van der Waals surface area contributed by atoms with Crippen LogP contribution in [0.4, 0.5) is 0 Å². The number of carbonyl (C=O) groups is 1. The molecule has 0 saturated carbocycles. The van der Waals surface area contributed by atoms with Crippen molar-refractivity contribution in [2.75, 3.05) is 20.3 Å². The number of ether oxygens (including phenoxy) is 2. The van der Waals surface area contributed by atoms with Crippen molar-refractivity contribution in [2.45, 2.75) is 18.8 Å². The van der Waals surface area contributed by atoms with Gasteiger partial charge in [-0.25, -0.2) is 14.8 Å². The number of rotatable bonds is 2. The van der Waals surface area contributed by atoms with Crippen molar-refractivity contribution in [3.05, 3.63) is 23.8 Å². The summed E-state index contributed by atoms with van der Waals surface area (Å²) in [5.74, 6) is 0.584. The lowest BCUT2D eigenvalue weighted by molar-refractivity contribution is 0.0592. The first-order chi connectivity index (χ1) is 7.81. The molecule has 2 heterocycles. The second kappa shape index (κ2) is 5.03. The highest BCUT2D eigenvalue weighted by Crippen LogP contribution is 2.23. The average molecular weight is 222 g/mol. The van der Waals surface area contributed by atoms with Gasteiger partial charge in [-0.15, -0.1) is 0 Å². The van der Waals surface area contributed by atoms with Crippen LogP contribution in [0.2, 0.25) is 0 Å². The number of aromatic nitrogens is 2. The lowest BCUT2D eigenvalue weighted by Crippen LogP contribution is -2.17. The standard InChI is InChI=1S/C11H14N2O3/c1-15-11(14)9-2-5-12-10(13-9)8-3-6-16-7-4-8/h2,5,8H,3-4,6-7H2,1H3. The van der Waals surface area contributed by atoms with Crippen molar-refractivity contribution in [3.8, 4) is 0 Å². The van der Waals surface area contributed by atoms with Crippen molar-refractivity contribution in [1.29, 1.82) is 0 Å². The quantitative estimate of drug-likeness (QED) is 0.702. The molecule has 0 atom stereocenters. The van der Waals surface area contributed by atoms with Gasteiger partial charge in [0, 0.05) is 25.3 Å². The maximum atomic E-state index is 11.3. The van der Waals surface area contributed by atoms with Crippen LogP contribution in [0.5, 0.6) is 0 Å². The van der Waals surface area contributed by atoms with Crippen LogP contribution in [-0.2, 0) is 9.47 Å². The minimum Gasteiger partial charge on any atom is -0.464 e. The summed E-state index contributed by atoms with van der Waals surface area (Å²) in [6, 6.07) is 1.56. The fourth-order valence-electron chi connectivity index (χ4n) is 1.74. The summed E-state index contributed by atoms with van der Waals surface area (Å²) in [5, 5.41) is 0. The Labute approximate surface area is 93.8 Å². The van der Waals surface area contributed by atoms with Crippen molar-refractivity contribution in [1.82, 2.24) is 9.97 Å². The van der Waals surface area contributed by atoms with Gasteiger partial charge in [-0.05, 0) is 18.9 Å². The lowest BCUT2D eigenvalue weighted by atomic mass is 9.99. The topological polar surface area (TPSA) is 61.3 Å². The lowest BCUT2D eigenvalue weighted by Gasteiger charge is -2.20. The summed E-state index contributed by atoms with van der Waals surface area (Å²) in [5.41, 5.74) is 0.319. The predicted molar refractivity (Wildman–Crippen MR) is 56.2 cm³/mol. The largest absolute Gasteiger partial charge is 0.464 e. The van der Waals surface area contributed by atoms with Crippen molar-refractivity contribution in [3.63, 3.8) is 0 Å². The van der Waals surface area contributed by atoms with Gasteiger partial charge in [0.1, 0.15) is 5.82 Å². The highest BCUT2D eigenvalue weighted by Gasteiger charge is 2.19. The van der Waals surface area contributed by atoms with E-state index < -0.39 is 5.97 Å². The van der Waals surface area contributed by atoms with Crippen molar-refractivity contribution < 1.29 is 14.3 Å². The number of methoxy groups -OCH3 is 1. The zero-order chi connectivity index (χ0) is 11.4. The summed E-state index contributed by atoms with van der Waals surface area (Å²) in [7, 11) is 1.35. The molecule has 5 heteroatoms. The molecule has 0 amide bonds. The van der Waals surface area contributed by atoms with Crippen molar-refractivity contribution in [2.24, 2.45) is 0 Å². The molecule has 5 nitrogen and oxygen atoms in total. The minimum absolute atomic E-state index is 0.290. The van der Waals surface area contributed by atoms with Gasteiger partial charge in [0.05, 0.1) is 7.11 Å². The summed E-state index contributed by atoms with van der Waals surface area (Å²) in [6.45, 7) is 1.47. The molecule has 2 rings (SSSR count). The van der Waals surface area contributed by atoms with E-state index in [1.54, 1.807) is 12.3 Å². The minimum atomic E-state index is -0.421. The molecule has 0 aliphatic carbocycles. The van der Waals surface area contributed by atoms with Crippen LogP contribution in [0.1, 0.15) is 35.1 Å². The van der Waals surface area contributed by atoms with E-state index in [1.165, 1.54) is 7.11 Å². The molecule has 1 saturated heterocycles. The van der Waals surface area contributed by atoms with E-state index in [2.05, 4.69) is 14.7 Å². The molecule has 86 valence electrons. The highest BCUT2D eigenvalue weighted by atomic mass is 16.5. The first-order valence-electron chi connectivity index (χ1n) is 5.30. The van der Waals surface area contributed by atoms with Crippen LogP contribution in [0.25, 0.3) is 0 Å². The monoisotopic (exact) mass is 222 g/mol. The number of nitrogens with zero attached hydrogens (tertiary/aromatic N) is 2. The zero-order valence-corrected chi connectivity index (χ0v) is 9.18. The molecule has 0 N–H and O–H groups in total. The van der Waals surface area contributed by atoms with E-state index in [4.69, 9.17) is 4.74 Å². The molecular formula is C11H14N2O3. The summed E-state index contributed by atoms with van der Waals surface area (Å²) in [6.07, 6.45) is 3.42. The first-order valence-corrected chi connectivity index (χ1v) is 5.30. The van der Waals surface area contributed by atoms with Gasteiger partial charge in [-0.1, -0.05) is 0 Å². The molecular weight excluding hydrogens is 208 g/mol. The number of esters is 1. The van der Waals surface area contributed by atoms with Crippen molar-refractivity contribution >= 4 is 5.97 Å². The Morgan fingerprint density at radius 2 is 2.25 bits per heavy atom. The van der Waals surface area contributed by atoms with E-state index in [1.807, 2.05) is 0 Å². The zero-order valence-electron chi connectivity index (χ0n) is 9.18. The SMILES string of the molecule is COC(=O)c1ccnc(C2CCOCC2)n1. The fourth-order valence-corrected chi connectivity index (χ4v) is 1.74. The van der Waals surface area contributed by atoms with Gasteiger partial charge < -0.3 is 9.47 Å². The molecule has 0 aromatic carbocycles. The van der Waals surface area contributed by atoms with Crippen LogP contribution in [0, 0.1) is 0 Å². The maximum Gasteiger partial charge on any atom is 0.356 e. The van der Waals surface area contributed by atoms with Crippen LogP contribution < -0.4 is 0 Å². The molecule has 1 aromatic heterocycles. The Hall–Kier alpha value is -1.49. The Bertz CT molecular complexity index is 375. The fraction of sp³-hybridized carbons (Fsp3) is 0.545. The van der Waals surface area contributed by atoms with Gasteiger partial charge in [-0.3, -0.25) is 0 Å². The van der Waals surface area contributed by atoms with E-state index >= 15 is 0 Å². The number of carbonyl (C=O) groups excluding carboxylic acids is 1. The normalized spacial score (nSPS) is 17.1. The Morgan fingerprint density at radius 3 is 2.94 bits per heavy atom. The van der Waals surface area contributed by atoms with Crippen LogP contribution >= 0.6 is 0 Å². The summed E-state index contributed by atoms with van der Waals surface area (Å²) in [4.78, 5) is 19.7. The highest BCUT2D eigenvalue weighted by molar-refractivity contribution is 5.86. The molecule has 1 aliphatic rings. The second-order valence-corrected chi connectivity index (χ2v) is 3.68. The first kappa shape index (κ1) is 11.0. The van der Waals surface area contributed by atoms with Gasteiger partial charge in [0.25, 0.3) is 0 Å². The smallest absolute Gasteiger partial charge is 0.356 e. The Balaban J connectivity index is 2.17. The predicted octanol–water partition coefficient (Wildman–Crippen LogP) is 1.16. The summed E-state index contributed by atoms with van der Waals surface area (Å²) < 4.78 is 9.90. The van der Waals surface area contributed by atoms with Crippen LogP contribution in [0.3, 0.4) is 0 Å². The third-order valence-corrected chi connectivity index (χ3v) is 2.66. The molecule has 0 unspecified atom stereocenters. The van der Waals surface area contributed by atoms with E-state index in [0.717, 1.165) is 26.1 Å². The van der Waals surface area contributed by atoms with E-state index in [0.29, 0.717) is 17.4 Å². The second-order valence-electron chi connectivity index (χ2n) is 3.68. The molecule has 1 aromatic rings. The molecule has 1 fully saturated rings. The Morgan fingerprint density at radius 1 is 1.50 bits per heavy atom. The molecule has 1 aliphatic heterocycles. The molecule has 16 heavy (non-hydrogen) atoms. The molecule has 0 bridgehead atoms. The van der Waals surface area contributed by atoms with Crippen LogP contribution in [-0.4, -0.2) is 36.3 Å². The molecule has 0 radical (unpaired) electrons. The third-order valence-electron chi connectivity index (χ3n) is 2.66. The van der Waals surface area contributed by atoms with Crippen LogP contribution in [0.15, 0.2) is 12.3 Å².